The first-order chi connectivity index (χ1) is 17.4. The third-order valence-electron chi connectivity index (χ3n) is 7.15. The molecule has 190 valence electrons. The fraction of sp³-hybridized carbons (Fsp3) is 0.355. The lowest BCUT2D eigenvalue weighted by Gasteiger charge is -2.29. The smallest absolute Gasteiger partial charge is 0.201 e. The number of hydrogen-bond donors (Lipinski definition) is 0. The van der Waals surface area contributed by atoms with Gasteiger partial charge < -0.3 is 4.74 Å². The lowest BCUT2D eigenvalue weighted by Crippen LogP contribution is -2.14. The van der Waals surface area contributed by atoms with Crippen molar-refractivity contribution in [3.8, 4) is 16.9 Å². The second kappa shape index (κ2) is 11.8. The van der Waals surface area contributed by atoms with E-state index in [2.05, 4.69) is 6.92 Å². The summed E-state index contributed by atoms with van der Waals surface area (Å²) >= 11 is 0. The topological polar surface area (TPSA) is 9.23 Å². The quantitative estimate of drug-likeness (QED) is 0.223. The van der Waals surface area contributed by atoms with Gasteiger partial charge in [0.15, 0.2) is 23.2 Å². The van der Waals surface area contributed by atoms with Crippen molar-refractivity contribution in [2.24, 2.45) is 5.92 Å². The van der Waals surface area contributed by atoms with Crippen LogP contribution in [0.25, 0.3) is 23.3 Å². The lowest BCUT2D eigenvalue weighted by atomic mass is 9.77. The van der Waals surface area contributed by atoms with Crippen molar-refractivity contribution in [1.29, 1.82) is 0 Å². The van der Waals surface area contributed by atoms with E-state index < -0.39 is 23.3 Å². The fourth-order valence-electron chi connectivity index (χ4n) is 5.18. The van der Waals surface area contributed by atoms with E-state index in [9.17, 15) is 8.78 Å². The maximum absolute atomic E-state index is 15.1. The summed E-state index contributed by atoms with van der Waals surface area (Å²) in [4.78, 5) is 0. The molecule has 0 radical (unpaired) electrons. The monoisotopic (exact) mass is 496 g/mol. The first kappa shape index (κ1) is 26.0. The number of ether oxygens (including phenoxy) is 1. The Hall–Kier alpha value is -3.08. The van der Waals surface area contributed by atoms with Crippen molar-refractivity contribution < 1.29 is 22.3 Å². The molecular formula is C31H32F4O. The van der Waals surface area contributed by atoms with Gasteiger partial charge in [-0.2, -0.15) is 4.39 Å². The lowest BCUT2D eigenvalue weighted by molar-refractivity contribution is 0.303. The molecule has 1 saturated carbocycles. The third-order valence-corrected chi connectivity index (χ3v) is 7.15. The van der Waals surface area contributed by atoms with Gasteiger partial charge in [0.25, 0.3) is 0 Å². The zero-order chi connectivity index (χ0) is 25.7. The Bertz CT molecular complexity index is 1210. The van der Waals surface area contributed by atoms with Crippen LogP contribution in [0.1, 0.15) is 75.0 Å². The van der Waals surface area contributed by atoms with Crippen molar-refractivity contribution in [2.75, 3.05) is 6.61 Å². The van der Waals surface area contributed by atoms with Crippen LogP contribution >= 0.6 is 0 Å². The van der Waals surface area contributed by atoms with Crippen LogP contribution in [0.2, 0.25) is 0 Å². The maximum Gasteiger partial charge on any atom is 0.201 e. The summed E-state index contributed by atoms with van der Waals surface area (Å²) in [5.41, 5.74) is 2.06. The minimum absolute atomic E-state index is 0.0713. The summed E-state index contributed by atoms with van der Waals surface area (Å²) in [6.07, 6.45) is 9.43. The molecule has 0 spiro atoms. The van der Waals surface area contributed by atoms with Crippen molar-refractivity contribution in [2.45, 2.75) is 58.3 Å². The van der Waals surface area contributed by atoms with Gasteiger partial charge in [-0.25, -0.2) is 13.2 Å². The Balaban J connectivity index is 1.48. The van der Waals surface area contributed by atoms with E-state index in [0.29, 0.717) is 22.6 Å². The Labute approximate surface area is 210 Å². The van der Waals surface area contributed by atoms with Crippen LogP contribution in [0.15, 0.2) is 48.5 Å². The van der Waals surface area contributed by atoms with E-state index in [-0.39, 0.29) is 29.4 Å². The normalized spacial score (nSPS) is 18.1. The van der Waals surface area contributed by atoms with Gasteiger partial charge in [-0.15, -0.1) is 0 Å². The average Bonchev–Trinajstić information content (AvgIpc) is 2.89. The van der Waals surface area contributed by atoms with Crippen LogP contribution in [0.4, 0.5) is 17.6 Å². The molecule has 5 heteroatoms. The molecule has 3 aromatic carbocycles. The molecule has 0 aliphatic heterocycles. The van der Waals surface area contributed by atoms with E-state index in [1.165, 1.54) is 31.1 Å². The van der Waals surface area contributed by atoms with Crippen molar-refractivity contribution in [3.05, 3.63) is 88.5 Å². The number of halogens is 4. The summed E-state index contributed by atoms with van der Waals surface area (Å²) in [7, 11) is 0. The predicted octanol–water partition coefficient (Wildman–Crippen LogP) is 9.55. The first-order valence-corrected chi connectivity index (χ1v) is 12.8. The molecule has 0 N–H and O–H groups in total. The molecule has 1 fully saturated rings. The molecule has 1 aliphatic rings. The molecule has 36 heavy (non-hydrogen) atoms. The Morgan fingerprint density at radius 2 is 1.47 bits per heavy atom. The highest BCUT2D eigenvalue weighted by molar-refractivity contribution is 5.73. The molecule has 0 amide bonds. The van der Waals surface area contributed by atoms with Crippen molar-refractivity contribution in [1.82, 2.24) is 0 Å². The second-order valence-electron chi connectivity index (χ2n) is 9.51. The van der Waals surface area contributed by atoms with Gasteiger partial charge in [0.05, 0.1) is 6.61 Å². The summed E-state index contributed by atoms with van der Waals surface area (Å²) in [5.74, 6) is -2.92. The minimum atomic E-state index is -1.02. The van der Waals surface area contributed by atoms with Crippen LogP contribution in [-0.2, 0) is 0 Å². The SMILES string of the molecule is CCCC1CCC(c2ccc(-c3ccc(C=Cc4ccc(OCC)c(F)c4F)cc3)c(F)c2F)CC1. The zero-order valence-electron chi connectivity index (χ0n) is 20.8. The molecule has 0 unspecified atom stereocenters. The Morgan fingerprint density at radius 3 is 2.14 bits per heavy atom. The van der Waals surface area contributed by atoms with Crippen LogP contribution in [0.5, 0.6) is 5.75 Å². The number of hydrogen-bond acceptors (Lipinski definition) is 1. The predicted molar refractivity (Wildman–Crippen MR) is 138 cm³/mol. The molecule has 0 heterocycles. The maximum atomic E-state index is 15.1. The molecule has 1 nitrogen and oxygen atoms in total. The number of rotatable bonds is 8. The van der Waals surface area contributed by atoms with E-state index in [1.54, 1.807) is 49.4 Å². The molecule has 0 bridgehead atoms. The van der Waals surface area contributed by atoms with Crippen molar-refractivity contribution >= 4 is 12.2 Å². The highest BCUT2D eigenvalue weighted by Crippen LogP contribution is 2.40. The van der Waals surface area contributed by atoms with Crippen LogP contribution in [-0.4, -0.2) is 6.61 Å². The standard InChI is InChI=1S/C31H32F4O/c1-3-5-20-6-11-22(12-7-20)25-17-18-26(30(34)29(25)33)23-13-8-21(9-14-23)10-15-24-16-19-27(36-4-2)31(35)28(24)32/h8-10,13-20,22H,3-7,11-12H2,1-2H3. The highest BCUT2D eigenvalue weighted by atomic mass is 19.2. The average molecular weight is 497 g/mol. The first-order valence-electron chi connectivity index (χ1n) is 12.8. The highest BCUT2D eigenvalue weighted by Gasteiger charge is 2.26. The Morgan fingerprint density at radius 1 is 0.750 bits per heavy atom. The van der Waals surface area contributed by atoms with E-state index in [1.807, 2.05) is 0 Å². The van der Waals surface area contributed by atoms with Crippen LogP contribution < -0.4 is 4.74 Å². The van der Waals surface area contributed by atoms with Crippen molar-refractivity contribution in [3.63, 3.8) is 0 Å². The number of benzene rings is 3. The van der Waals surface area contributed by atoms with Gasteiger partial charge >= 0.3 is 0 Å². The Kier molecular flexibility index (Phi) is 8.50. The largest absolute Gasteiger partial charge is 0.491 e. The molecule has 0 atom stereocenters. The zero-order valence-corrected chi connectivity index (χ0v) is 20.8. The van der Waals surface area contributed by atoms with Crippen LogP contribution in [0, 0.1) is 29.2 Å². The van der Waals surface area contributed by atoms with Gasteiger partial charge in [0, 0.05) is 11.1 Å². The molecule has 3 aromatic rings. The molecule has 0 aromatic heterocycles. The van der Waals surface area contributed by atoms with E-state index >= 15 is 8.78 Å². The summed E-state index contributed by atoms with van der Waals surface area (Å²) in [5, 5.41) is 0. The second-order valence-corrected chi connectivity index (χ2v) is 9.51. The molecule has 1 aliphatic carbocycles. The van der Waals surface area contributed by atoms with Gasteiger partial charge in [-0.05, 0) is 73.3 Å². The van der Waals surface area contributed by atoms with Gasteiger partial charge in [0.1, 0.15) is 0 Å². The summed E-state index contributed by atoms with van der Waals surface area (Å²) in [6, 6.07) is 13.1. The molecular weight excluding hydrogens is 464 g/mol. The summed E-state index contributed by atoms with van der Waals surface area (Å²) in [6.45, 7) is 4.12. The van der Waals surface area contributed by atoms with Gasteiger partial charge in [0.2, 0.25) is 5.82 Å². The fourth-order valence-corrected chi connectivity index (χ4v) is 5.18. The molecule has 0 saturated heterocycles. The van der Waals surface area contributed by atoms with Gasteiger partial charge in [-0.3, -0.25) is 0 Å². The van der Waals surface area contributed by atoms with Gasteiger partial charge in [-0.1, -0.05) is 68.3 Å². The van der Waals surface area contributed by atoms with Crippen LogP contribution in [0.3, 0.4) is 0 Å². The van der Waals surface area contributed by atoms with E-state index in [0.717, 1.165) is 25.7 Å². The minimum Gasteiger partial charge on any atom is -0.491 e. The summed E-state index contributed by atoms with van der Waals surface area (Å²) < 4.78 is 63.6. The van der Waals surface area contributed by atoms with E-state index in [4.69, 9.17) is 4.74 Å². The third kappa shape index (κ3) is 5.66. The molecule has 4 rings (SSSR count).